The van der Waals surface area contributed by atoms with Gasteiger partial charge < -0.3 is 24.4 Å². The van der Waals surface area contributed by atoms with E-state index in [4.69, 9.17) is 14.6 Å². The molecule has 0 aliphatic heterocycles. The van der Waals surface area contributed by atoms with Gasteiger partial charge in [0.15, 0.2) is 0 Å². The molecule has 7 nitrogen and oxygen atoms in total. The second-order valence-corrected chi connectivity index (χ2v) is 10.7. The highest BCUT2D eigenvalue weighted by Gasteiger charge is 2.24. The van der Waals surface area contributed by atoms with Crippen molar-refractivity contribution in [3.05, 3.63) is 35.9 Å². The lowest BCUT2D eigenvalue weighted by Crippen LogP contribution is -2.39. The summed E-state index contributed by atoms with van der Waals surface area (Å²) in [6.45, 7) is 13.6. The molecule has 0 aromatic heterocycles. The van der Waals surface area contributed by atoms with Gasteiger partial charge in [-0.1, -0.05) is 43.2 Å². The van der Waals surface area contributed by atoms with Gasteiger partial charge in [0.25, 0.3) is 0 Å². The van der Waals surface area contributed by atoms with Gasteiger partial charge in [0.1, 0.15) is 11.2 Å². The van der Waals surface area contributed by atoms with Crippen molar-refractivity contribution in [2.24, 2.45) is 0 Å². The smallest absolute Gasteiger partial charge is 0.410 e. The first-order valence-corrected chi connectivity index (χ1v) is 12.5. The average Bonchev–Trinajstić information content (AvgIpc) is 2.72. The molecule has 0 saturated carbocycles. The first kappa shape index (κ1) is 29.8. The number of benzene rings is 1. The van der Waals surface area contributed by atoms with Gasteiger partial charge in [-0.25, -0.2) is 9.59 Å². The van der Waals surface area contributed by atoms with Gasteiger partial charge in [0.2, 0.25) is 0 Å². The van der Waals surface area contributed by atoms with Gasteiger partial charge in [0.05, 0.1) is 0 Å². The van der Waals surface area contributed by atoms with Crippen molar-refractivity contribution >= 4 is 12.2 Å². The first-order chi connectivity index (χ1) is 15.9. The Morgan fingerprint density at radius 2 is 1.15 bits per heavy atom. The number of hydrogen-bond donors (Lipinski definition) is 1. The van der Waals surface area contributed by atoms with E-state index in [0.29, 0.717) is 26.2 Å². The van der Waals surface area contributed by atoms with Gasteiger partial charge in [-0.3, -0.25) is 0 Å². The molecule has 194 valence electrons. The van der Waals surface area contributed by atoms with Crippen molar-refractivity contribution < 1.29 is 24.2 Å². The van der Waals surface area contributed by atoms with Gasteiger partial charge in [-0.2, -0.15) is 0 Å². The molecular formula is C27H46N2O5. The van der Waals surface area contributed by atoms with Crippen molar-refractivity contribution in [2.75, 3.05) is 26.2 Å². The summed E-state index contributed by atoms with van der Waals surface area (Å²) >= 11 is 0. The van der Waals surface area contributed by atoms with Crippen LogP contribution in [0.3, 0.4) is 0 Å². The average molecular weight is 479 g/mol. The molecule has 0 atom stereocenters. The third-order valence-corrected chi connectivity index (χ3v) is 4.96. The lowest BCUT2D eigenvalue weighted by atomic mass is 10.2. The van der Waals surface area contributed by atoms with E-state index in [1.807, 2.05) is 71.9 Å². The third kappa shape index (κ3) is 14.1. The van der Waals surface area contributed by atoms with E-state index >= 15 is 0 Å². The fraction of sp³-hybridized carbons (Fsp3) is 0.704. The molecule has 1 N–H and O–H groups in total. The molecule has 1 rings (SSSR count). The van der Waals surface area contributed by atoms with Crippen LogP contribution < -0.4 is 0 Å². The molecule has 2 amide bonds. The molecule has 0 bridgehead atoms. The number of aliphatic hydroxyl groups excluding tert-OH is 1. The number of carbonyl (C=O) groups excluding carboxylic acids is 2. The molecule has 1 aromatic carbocycles. The topological polar surface area (TPSA) is 79.3 Å². The Balaban J connectivity index is 2.68. The number of carbonyl (C=O) groups is 2. The zero-order valence-electron chi connectivity index (χ0n) is 22.1. The van der Waals surface area contributed by atoms with Crippen LogP contribution in [0.2, 0.25) is 0 Å². The van der Waals surface area contributed by atoms with Crippen molar-refractivity contribution in [2.45, 2.75) is 97.8 Å². The maximum absolute atomic E-state index is 12.8. The predicted octanol–water partition coefficient (Wildman–Crippen LogP) is 5.99. The summed E-state index contributed by atoms with van der Waals surface area (Å²) in [4.78, 5) is 29.0. The van der Waals surface area contributed by atoms with Gasteiger partial charge in [-0.15, -0.1) is 0 Å². The standard InChI is InChI=1S/C27H46N2O5/c1-26(2,3)33-24(31)28(18-12-7-8-15-21-30)19-13-14-20-29(25(32)34-27(4,5)6)22-23-16-10-9-11-17-23/h9-11,16-17,30H,7-8,12-15,18-22H2,1-6H3. The highest BCUT2D eigenvalue weighted by Crippen LogP contribution is 2.15. The second-order valence-electron chi connectivity index (χ2n) is 10.7. The number of nitrogens with zero attached hydrogens (tertiary/aromatic N) is 2. The fourth-order valence-corrected chi connectivity index (χ4v) is 3.36. The number of amides is 2. The van der Waals surface area contributed by atoms with Gasteiger partial charge >= 0.3 is 12.2 Å². The molecule has 34 heavy (non-hydrogen) atoms. The summed E-state index contributed by atoms with van der Waals surface area (Å²) < 4.78 is 11.2. The van der Waals surface area contributed by atoms with Crippen LogP contribution in [0.4, 0.5) is 9.59 Å². The Morgan fingerprint density at radius 3 is 1.65 bits per heavy atom. The van der Waals surface area contributed by atoms with Gasteiger partial charge in [0, 0.05) is 32.8 Å². The van der Waals surface area contributed by atoms with Crippen LogP contribution in [-0.2, 0) is 16.0 Å². The molecule has 0 aliphatic rings. The molecule has 0 aliphatic carbocycles. The van der Waals surface area contributed by atoms with E-state index in [2.05, 4.69) is 0 Å². The van der Waals surface area contributed by atoms with Crippen molar-refractivity contribution in [3.8, 4) is 0 Å². The van der Waals surface area contributed by atoms with Crippen LogP contribution in [0.25, 0.3) is 0 Å². The number of unbranched alkanes of at least 4 members (excludes halogenated alkanes) is 4. The van der Waals surface area contributed by atoms with E-state index in [1.54, 1.807) is 9.80 Å². The molecule has 1 aromatic rings. The minimum atomic E-state index is -0.560. The maximum atomic E-state index is 12.8. The van der Waals surface area contributed by atoms with Crippen LogP contribution in [0.5, 0.6) is 0 Å². The third-order valence-electron chi connectivity index (χ3n) is 4.96. The molecule has 0 radical (unpaired) electrons. The lowest BCUT2D eigenvalue weighted by molar-refractivity contribution is 0.0199. The van der Waals surface area contributed by atoms with Crippen molar-refractivity contribution in [1.82, 2.24) is 9.80 Å². The number of ether oxygens (including phenoxy) is 2. The highest BCUT2D eigenvalue weighted by atomic mass is 16.6. The van der Waals surface area contributed by atoms with Crippen LogP contribution >= 0.6 is 0 Å². The van der Waals surface area contributed by atoms with Crippen LogP contribution in [-0.4, -0.2) is 64.5 Å². The zero-order valence-corrected chi connectivity index (χ0v) is 22.1. The van der Waals surface area contributed by atoms with Crippen LogP contribution in [0.1, 0.15) is 85.6 Å². The quantitative estimate of drug-likeness (QED) is 0.352. The van der Waals surface area contributed by atoms with Crippen molar-refractivity contribution in [3.63, 3.8) is 0 Å². The monoisotopic (exact) mass is 478 g/mol. The van der Waals surface area contributed by atoms with E-state index < -0.39 is 11.2 Å². The number of aliphatic hydroxyl groups is 1. The molecule has 7 heteroatoms. The number of hydrogen-bond acceptors (Lipinski definition) is 5. The minimum absolute atomic E-state index is 0.201. The molecule has 0 unspecified atom stereocenters. The van der Waals surface area contributed by atoms with E-state index in [1.165, 1.54) is 0 Å². The Morgan fingerprint density at radius 1 is 0.706 bits per heavy atom. The lowest BCUT2D eigenvalue weighted by Gasteiger charge is -2.29. The molecule has 0 saturated heterocycles. The summed E-state index contributed by atoms with van der Waals surface area (Å²) in [7, 11) is 0. The Labute approximate surface area is 206 Å². The van der Waals surface area contributed by atoms with Crippen LogP contribution in [0, 0.1) is 0 Å². The summed E-state index contributed by atoms with van der Waals surface area (Å²) in [5, 5.41) is 8.95. The normalized spacial score (nSPS) is 11.7. The SMILES string of the molecule is CC(C)(C)OC(=O)N(CCCCCCO)CCCCN(Cc1ccccc1)C(=O)OC(C)(C)C. The predicted molar refractivity (Wildman–Crippen MR) is 136 cm³/mol. The van der Waals surface area contributed by atoms with Crippen LogP contribution in [0.15, 0.2) is 30.3 Å². The summed E-state index contributed by atoms with van der Waals surface area (Å²) in [5.41, 5.74) is -0.0584. The minimum Gasteiger partial charge on any atom is -0.444 e. The molecule has 0 heterocycles. The molecular weight excluding hydrogens is 432 g/mol. The largest absolute Gasteiger partial charge is 0.444 e. The first-order valence-electron chi connectivity index (χ1n) is 12.5. The summed E-state index contributed by atoms with van der Waals surface area (Å²) in [5.74, 6) is 0. The maximum Gasteiger partial charge on any atom is 0.410 e. The van der Waals surface area contributed by atoms with Gasteiger partial charge in [-0.05, 0) is 72.8 Å². The Kier molecular flexibility index (Phi) is 13.0. The second kappa shape index (κ2) is 14.9. The highest BCUT2D eigenvalue weighted by molar-refractivity contribution is 5.68. The van der Waals surface area contributed by atoms with E-state index in [-0.39, 0.29) is 18.8 Å². The number of rotatable bonds is 13. The summed E-state index contributed by atoms with van der Waals surface area (Å²) in [6.07, 6.45) is 4.44. The molecule has 0 fully saturated rings. The molecule has 0 spiro atoms. The van der Waals surface area contributed by atoms with Crippen molar-refractivity contribution in [1.29, 1.82) is 0 Å². The van der Waals surface area contributed by atoms with E-state index in [9.17, 15) is 9.59 Å². The Bertz CT molecular complexity index is 710. The zero-order chi connectivity index (χ0) is 25.6. The fourth-order valence-electron chi connectivity index (χ4n) is 3.36. The van der Waals surface area contributed by atoms with E-state index in [0.717, 1.165) is 44.1 Å². The summed E-state index contributed by atoms with van der Waals surface area (Å²) in [6, 6.07) is 9.87. The Hall–Kier alpha value is -2.28.